The quantitative estimate of drug-likeness (QED) is 0.603. The molecule has 0 saturated carbocycles. The average molecular weight is 295 g/mol. The normalized spacial score (nSPS) is 27.5. The topological polar surface area (TPSA) is 0 Å². The summed E-state index contributed by atoms with van der Waals surface area (Å²) in [7, 11) is -0.973. The third kappa shape index (κ3) is 2.34. The predicted molar refractivity (Wildman–Crippen MR) is 93.4 cm³/mol. The summed E-state index contributed by atoms with van der Waals surface area (Å²) in [5, 5.41) is 3.44. The van der Waals surface area contributed by atoms with Crippen LogP contribution in [-0.4, -0.2) is 8.80 Å². The van der Waals surface area contributed by atoms with Crippen molar-refractivity contribution in [1.29, 1.82) is 0 Å². The van der Waals surface area contributed by atoms with Gasteiger partial charge in [0.15, 0.2) is 0 Å². The second-order valence-corrected chi connectivity index (χ2v) is 9.94. The van der Waals surface area contributed by atoms with Crippen LogP contribution in [0.5, 0.6) is 0 Å². The van der Waals surface area contributed by atoms with E-state index in [-0.39, 0.29) is 0 Å². The monoisotopic (exact) mass is 294 g/mol. The highest BCUT2D eigenvalue weighted by Crippen LogP contribution is 2.45. The third-order valence-corrected chi connectivity index (χ3v) is 8.79. The SMILES string of the molecule is C[C]1C([SiH](C)C2=CC3=C([CH]2)CCCC3)=CC2=C1CCCC2. The maximum Gasteiger partial charge on any atom is 0.0916 e. The summed E-state index contributed by atoms with van der Waals surface area (Å²) in [6.45, 7) is 4.94. The molecular weight excluding hydrogens is 268 g/mol. The molecule has 1 heteroatoms. The highest BCUT2D eigenvalue weighted by atomic mass is 28.3. The maximum absolute atomic E-state index is 2.59. The van der Waals surface area contributed by atoms with Gasteiger partial charge in [-0.1, -0.05) is 47.2 Å². The van der Waals surface area contributed by atoms with E-state index in [4.69, 9.17) is 0 Å². The van der Waals surface area contributed by atoms with E-state index in [0.717, 1.165) is 0 Å². The molecule has 0 amide bonds. The molecule has 4 aliphatic carbocycles. The largest absolute Gasteiger partial charge is 0.0916 e. The standard InChI is InChI=1S/C20H26Si/c1-14-19-10-6-5-9-17(19)13-20(14)21(2)18-11-15-7-3-4-8-16(15)12-18/h11-13,21H,3-10H2,1-2H3. The summed E-state index contributed by atoms with van der Waals surface area (Å²) >= 11 is 0. The van der Waals surface area contributed by atoms with Gasteiger partial charge in [0.05, 0.1) is 8.80 Å². The van der Waals surface area contributed by atoms with Crippen molar-refractivity contribution >= 4 is 8.80 Å². The highest BCUT2D eigenvalue weighted by molar-refractivity contribution is 6.74. The van der Waals surface area contributed by atoms with Crippen molar-refractivity contribution in [3.63, 3.8) is 0 Å². The van der Waals surface area contributed by atoms with Gasteiger partial charge in [-0.15, -0.1) is 0 Å². The summed E-state index contributed by atoms with van der Waals surface area (Å²) in [5.41, 5.74) is 6.74. The molecule has 0 saturated heterocycles. The van der Waals surface area contributed by atoms with E-state index in [1.54, 1.807) is 38.6 Å². The fraction of sp³-hybridized carbons (Fsp3) is 0.500. The summed E-state index contributed by atoms with van der Waals surface area (Å²) in [4.78, 5) is 0. The first-order valence-electron chi connectivity index (χ1n) is 8.80. The van der Waals surface area contributed by atoms with Gasteiger partial charge in [-0.05, 0) is 62.5 Å². The Bertz CT molecular complexity index is 585. The minimum absolute atomic E-state index is 0.973. The Hall–Kier alpha value is -0.823. The van der Waals surface area contributed by atoms with Gasteiger partial charge in [-0.25, -0.2) is 0 Å². The Labute approximate surface area is 131 Å². The zero-order valence-corrected chi connectivity index (χ0v) is 14.6. The van der Waals surface area contributed by atoms with Crippen LogP contribution < -0.4 is 0 Å². The lowest BCUT2D eigenvalue weighted by molar-refractivity contribution is 0.685. The molecule has 2 radical (unpaired) electrons. The number of hydrogen-bond acceptors (Lipinski definition) is 0. The minimum Gasteiger partial charge on any atom is -0.0713 e. The summed E-state index contributed by atoms with van der Waals surface area (Å²) in [6.07, 6.45) is 18.6. The zero-order valence-electron chi connectivity index (χ0n) is 13.5. The average Bonchev–Trinajstić information content (AvgIpc) is 3.08. The highest BCUT2D eigenvalue weighted by Gasteiger charge is 2.32. The van der Waals surface area contributed by atoms with Gasteiger partial charge in [0.1, 0.15) is 0 Å². The second-order valence-electron chi connectivity index (χ2n) is 7.20. The van der Waals surface area contributed by atoms with Crippen LogP contribution in [0.2, 0.25) is 6.55 Å². The van der Waals surface area contributed by atoms with Gasteiger partial charge in [0, 0.05) is 12.3 Å². The van der Waals surface area contributed by atoms with Gasteiger partial charge in [0.25, 0.3) is 0 Å². The Morgan fingerprint density at radius 2 is 1.48 bits per heavy atom. The number of rotatable bonds is 2. The molecule has 0 nitrogen and oxygen atoms in total. The van der Waals surface area contributed by atoms with Crippen LogP contribution in [0.1, 0.15) is 58.3 Å². The molecule has 0 fully saturated rings. The molecular formula is C20H26Si. The van der Waals surface area contributed by atoms with Crippen LogP contribution in [-0.2, 0) is 0 Å². The lowest BCUT2D eigenvalue weighted by Crippen LogP contribution is -2.19. The van der Waals surface area contributed by atoms with Crippen molar-refractivity contribution in [2.75, 3.05) is 0 Å². The van der Waals surface area contributed by atoms with Crippen molar-refractivity contribution in [3.05, 3.63) is 57.2 Å². The first kappa shape index (κ1) is 13.8. The maximum atomic E-state index is 2.59. The molecule has 0 N–H and O–H groups in total. The molecule has 1 atom stereocenters. The van der Waals surface area contributed by atoms with E-state index in [0.29, 0.717) is 0 Å². The van der Waals surface area contributed by atoms with Crippen molar-refractivity contribution in [1.82, 2.24) is 0 Å². The van der Waals surface area contributed by atoms with E-state index in [1.807, 2.05) is 0 Å². The molecule has 4 rings (SSSR count). The van der Waals surface area contributed by atoms with Crippen LogP contribution >= 0.6 is 0 Å². The Balaban J connectivity index is 1.53. The zero-order chi connectivity index (χ0) is 14.4. The van der Waals surface area contributed by atoms with E-state index < -0.39 is 8.80 Å². The van der Waals surface area contributed by atoms with Crippen molar-refractivity contribution in [2.45, 2.75) is 64.8 Å². The molecule has 0 aromatic carbocycles. The Morgan fingerprint density at radius 3 is 2.19 bits per heavy atom. The molecule has 0 aromatic heterocycles. The van der Waals surface area contributed by atoms with Crippen LogP contribution in [0.15, 0.2) is 44.8 Å². The van der Waals surface area contributed by atoms with Crippen LogP contribution in [0, 0.1) is 12.3 Å². The van der Waals surface area contributed by atoms with Crippen molar-refractivity contribution in [3.8, 4) is 0 Å². The summed E-state index contributed by atoms with van der Waals surface area (Å²) in [5.74, 6) is 1.66. The van der Waals surface area contributed by atoms with E-state index in [1.165, 1.54) is 51.4 Å². The fourth-order valence-electron chi connectivity index (χ4n) is 4.59. The molecule has 0 aromatic rings. The number of allylic oxidation sites excluding steroid dienone is 8. The van der Waals surface area contributed by atoms with E-state index >= 15 is 0 Å². The van der Waals surface area contributed by atoms with Gasteiger partial charge >= 0.3 is 0 Å². The number of hydrogen-bond donors (Lipinski definition) is 0. The van der Waals surface area contributed by atoms with Gasteiger partial charge in [-0.2, -0.15) is 0 Å². The molecule has 0 spiro atoms. The fourth-order valence-corrected chi connectivity index (χ4v) is 7.13. The summed E-state index contributed by atoms with van der Waals surface area (Å²) < 4.78 is 0. The van der Waals surface area contributed by atoms with Crippen molar-refractivity contribution < 1.29 is 0 Å². The molecule has 110 valence electrons. The first-order valence-corrected chi connectivity index (χ1v) is 11.1. The molecule has 21 heavy (non-hydrogen) atoms. The first-order chi connectivity index (χ1) is 10.2. The Kier molecular flexibility index (Phi) is 3.57. The molecule has 0 heterocycles. The summed E-state index contributed by atoms with van der Waals surface area (Å²) in [6, 6.07) is 0. The lowest BCUT2D eigenvalue weighted by atomic mass is 9.89. The van der Waals surface area contributed by atoms with Gasteiger partial charge < -0.3 is 0 Å². The Morgan fingerprint density at radius 1 is 0.810 bits per heavy atom. The lowest BCUT2D eigenvalue weighted by Gasteiger charge is -2.21. The van der Waals surface area contributed by atoms with E-state index in [2.05, 4.69) is 32.0 Å². The van der Waals surface area contributed by atoms with E-state index in [9.17, 15) is 0 Å². The predicted octanol–water partition coefficient (Wildman–Crippen LogP) is 5.34. The second kappa shape index (κ2) is 5.42. The van der Waals surface area contributed by atoms with Gasteiger partial charge in [0.2, 0.25) is 0 Å². The molecule has 0 bridgehead atoms. The van der Waals surface area contributed by atoms with Gasteiger partial charge in [-0.3, -0.25) is 0 Å². The molecule has 0 aliphatic heterocycles. The van der Waals surface area contributed by atoms with Crippen LogP contribution in [0.4, 0.5) is 0 Å². The molecule has 1 unspecified atom stereocenters. The van der Waals surface area contributed by atoms with Crippen molar-refractivity contribution in [2.24, 2.45) is 0 Å². The van der Waals surface area contributed by atoms with Crippen LogP contribution in [0.25, 0.3) is 0 Å². The third-order valence-electron chi connectivity index (χ3n) is 5.93. The smallest absolute Gasteiger partial charge is 0.0713 e. The minimum atomic E-state index is -0.973. The molecule has 4 aliphatic rings. The van der Waals surface area contributed by atoms with Crippen LogP contribution in [0.3, 0.4) is 0 Å².